The molecule has 3 unspecified atom stereocenters. The van der Waals surface area contributed by atoms with E-state index in [9.17, 15) is 0 Å². The van der Waals surface area contributed by atoms with Gasteiger partial charge in [0.1, 0.15) is 0 Å². The molecule has 0 aromatic carbocycles. The van der Waals surface area contributed by atoms with E-state index in [1.165, 1.54) is 38.8 Å². The van der Waals surface area contributed by atoms with Crippen LogP contribution in [0, 0.1) is 5.92 Å². The summed E-state index contributed by atoms with van der Waals surface area (Å²) in [5.74, 6) is 1.59. The highest BCUT2D eigenvalue weighted by Crippen LogP contribution is 2.26. The van der Waals surface area contributed by atoms with Gasteiger partial charge in [-0.25, -0.2) is 0 Å². The molecule has 88 valence electrons. The van der Waals surface area contributed by atoms with E-state index >= 15 is 0 Å². The largest absolute Gasteiger partial charge is 0.340 e. The van der Waals surface area contributed by atoms with E-state index in [-0.39, 0.29) is 0 Å². The molecule has 3 atom stereocenters. The van der Waals surface area contributed by atoms with E-state index in [1.807, 2.05) is 0 Å². The number of hydrogen-bond acceptors (Lipinski definition) is 5. The number of fused-ring (bicyclic) bond motifs is 2. The van der Waals surface area contributed by atoms with Crippen molar-refractivity contribution in [2.24, 2.45) is 5.92 Å². The Balaban J connectivity index is 1.45. The van der Waals surface area contributed by atoms with E-state index < -0.39 is 0 Å². The van der Waals surface area contributed by atoms with Crippen molar-refractivity contribution in [3.8, 4) is 0 Å². The fourth-order valence-corrected chi connectivity index (χ4v) is 2.89. The Morgan fingerprint density at radius 3 is 3.25 bits per heavy atom. The molecule has 0 radical (unpaired) electrons. The van der Waals surface area contributed by atoms with E-state index in [0.29, 0.717) is 6.04 Å². The molecule has 0 amide bonds. The summed E-state index contributed by atoms with van der Waals surface area (Å²) in [7, 11) is 0. The highest BCUT2D eigenvalue weighted by Gasteiger charge is 2.33. The minimum absolute atomic E-state index is 0.696. The predicted molar refractivity (Wildman–Crippen MR) is 59.0 cm³/mol. The lowest BCUT2D eigenvalue weighted by molar-refractivity contribution is 0.221. The van der Waals surface area contributed by atoms with Crippen molar-refractivity contribution in [3.63, 3.8) is 0 Å². The molecule has 1 aromatic rings. The predicted octanol–water partition coefficient (Wildman–Crippen LogP) is 0.296. The summed E-state index contributed by atoms with van der Waals surface area (Å²) in [5, 5.41) is 7.24. The smallest absolute Gasteiger partial charge is 0.227 e. The first-order chi connectivity index (χ1) is 7.92. The molecular weight excluding hydrogens is 204 g/mol. The van der Waals surface area contributed by atoms with Crippen LogP contribution in [0.3, 0.4) is 0 Å². The standard InChI is InChI=1S/C11H18N4O/c1(11-13-8-14-16-11)4-12-10-3-6-15-5-2-9(10)7-15/h8-10,12H,1-7H2. The van der Waals surface area contributed by atoms with E-state index in [4.69, 9.17) is 4.52 Å². The first-order valence-electron chi connectivity index (χ1n) is 6.13. The first-order valence-corrected chi connectivity index (χ1v) is 6.13. The molecule has 3 heterocycles. The normalized spacial score (nSPS) is 33.1. The van der Waals surface area contributed by atoms with Crippen molar-refractivity contribution in [2.45, 2.75) is 25.3 Å². The van der Waals surface area contributed by atoms with Gasteiger partial charge in [-0.3, -0.25) is 0 Å². The maximum absolute atomic E-state index is 4.97. The van der Waals surface area contributed by atoms with Crippen LogP contribution in [0.2, 0.25) is 0 Å². The Morgan fingerprint density at radius 1 is 1.44 bits per heavy atom. The highest BCUT2D eigenvalue weighted by molar-refractivity contribution is 4.91. The van der Waals surface area contributed by atoms with Crippen molar-refractivity contribution in [3.05, 3.63) is 12.2 Å². The summed E-state index contributed by atoms with van der Waals surface area (Å²) in [4.78, 5) is 6.59. The molecule has 0 saturated carbocycles. The molecule has 2 aliphatic heterocycles. The summed E-state index contributed by atoms with van der Waals surface area (Å²) < 4.78 is 4.97. The fraction of sp³-hybridized carbons (Fsp3) is 0.818. The van der Waals surface area contributed by atoms with Crippen molar-refractivity contribution in [1.82, 2.24) is 20.4 Å². The lowest BCUT2D eigenvalue weighted by Crippen LogP contribution is -2.44. The number of piperidine rings is 1. The summed E-state index contributed by atoms with van der Waals surface area (Å²) in [6.45, 7) is 4.79. The van der Waals surface area contributed by atoms with Crippen molar-refractivity contribution in [1.29, 1.82) is 0 Å². The van der Waals surface area contributed by atoms with Crippen LogP contribution in [0.25, 0.3) is 0 Å². The van der Waals surface area contributed by atoms with Crippen LogP contribution in [0.4, 0.5) is 0 Å². The Bertz CT molecular complexity index is 327. The zero-order valence-corrected chi connectivity index (χ0v) is 9.43. The number of nitrogens with zero attached hydrogens (tertiary/aromatic N) is 3. The topological polar surface area (TPSA) is 54.2 Å². The van der Waals surface area contributed by atoms with Gasteiger partial charge in [-0.2, -0.15) is 4.98 Å². The SMILES string of the molecule is c1noc(CCNC2CCN3CCC2C3)n1. The molecule has 5 heteroatoms. The van der Waals surface area contributed by atoms with E-state index in [2.05, 4.69) is 20.4 Å². The monoisotopic (exact) mass is 222 g/mol. The van der Waals surface area contributed by atoms with Gasteiger partial charge in [0.2, 0.25) is 5.89 Å². The summed E-state index contributed by atoms with van der Waals surface area (Å²) >= 11 is 0. The average molecular weight is 222 g/mol. The molecule has 5 nitrogen and oxygen atoms in total. The third kappa shape index (κ3) is 2.10. The molecule has 16 heavy (non-hydrogen) atoms. The second-order valence-electron chi connectivity index (χ2n) is 4.78. The van der Waals surface area contributed by atoms with Crippen molar-refractivity contribution >= 4 is 0 Å². The lowest BCUT2D eigenvalue weighted by Gasteiger charge is -2.31. The third-order valence-corrected chi connectivity index (χ3v) is 3.79. The number of nitrogens with one attached hydrogen (secondary N) is 1. The van der Waals surface area contributed by atoms with Gasteiger partial charge in [0.25, 0.3) is 0 Å². The molecule has 1 N–H and O–H groups in total. The van der Waals surface area contributed by atoms with Gasteiger partial charge in [0, 0.05) is 25.6 Å². The van der Waals surface area contributed by atoms with Gasteiger partial charge in [-0.1, -0.05) is 5.16 Å². The molecule has 3 rings (SSSR count). The molecule has 2 fully saturated rings. The van der Waals surface area contributed by atoms with Gasteiger partial charge in [0.15, 0.2) is 6.33 Å². The third-order valence-electron chi connectivity index (χ3n) is 3.79. The molecule has 2 bridgehead atoms. The van der Waals surface area contributed by atoms with Gasteiger partial charge in [-0.15, -0.1) is 0 Å². The second kappa shape index (κ2) is 4.51. The van der Waals surface area contributed by atoms with E-state index in [1.54, 1.807) is 0 Å². The average Bonchev–Trinajstić information content (AvgIpc) is 2.92. The van der Waals surface area contributed by atoms with Crippen LogP contribution in [0.15, 0.2) is 10.9 Å². The van der Waals surface area contributed by atoms with Crippen LogP contribution in [-0.4, -0.2) is 47.3 Å². The second-order valence-corrected chi connectivity index (χ2v) is 4.78. The Hall–Kier alpha value is -0.940. The molecular formula is C11H18N4O. The van der Waals surface area contributed by atoms with Gasteiger partial charge in [0.05, 0.1) is 0 Å². The zero-order chi connectivity index (χ0) is 10.8. The zero-order valence-electron chi connectivity index (χ0n) is 9.43. The van der Waals surface area contributed by atoms with Crippen LogP contribution in [-0.2, 0) is 6.42 Å². The Labute approximate surface area is 95.2 Å². The molecule has 0 aliphatic carbocycles. The van der Waals surface area contributed by atoms with Crippen LogP contribution in [0.5, 0.6) is 0 Å². The van der Waals surface area contributed by atoms with Gasteiger partial charge in [-0.05, 0) is 31.8 Å². The van der Waals surface area contributed by atoms with Crippen molar-refractivity contribution < 1.29 is 4.52 Å². The minimum Gasteiger partial charge on any atom is -0.340 e. The number of aromatic nitrogens is 2. The van der Waals surface area contributed by atoms with Crippen LogP contribution in [0.1, 0.15) is 18.7 Å². The summed E-state index contributed by atoms with van der Waals surface area (Å²) in [6.07, 6.45) is 4.95. The summed E-state index contributed by atoms with van der Waals surface area (Å²) in [5.41, 5.74) is 0. The fourth-order valence-electron chi connectivity index (χ4n) is 2.89. The molecule has 0 spiro atoms. The maximum atomic E-state index is 4.97. The van der Waals surface area contributed by atoms with E-state index in [0.717, 1.165) is 24.8 Å². The molecule has 2 aliphatic rings. The van der Waals surface area contributed by atoms with Crippen LogP contribution < -0.4 is 5.32 Å². The minimum atomic E-state index is 0.696. The quantitative estimate of drug-likeness (QED) is 0.794. The Kier molecular flexibility index (Phi) is 2.88. The van der Waals surface area contributed by atoms with Gasteiger partial charge >= 0.3 is 0 Å². The molecule has 2 saturated heterocycles. The highest BCUT2D eigenvalue weighted by atomic mass is 16.5. The van der Waals surface area contributed by atoms with Crippen molar-refractivity contribution in [2.75, 3.05) is 26.2 Å². The lowest BCUT2D eigenvalue weighted by atomic mass is 9.94. The van der Waals surface area contributed by atoms with Crippen LogP contribution >= 0.6 is 0 Å². The molecule has 1 aromatic heterocycles. The summed E-state index contributed by atoms with van der Waals surface area (Å²) in [6, 6.07) is 0.696. The van der Waals surface area contributed by atoms with Gasteiger partial charge < -0.3 is 14.7 Å². The number of hydrogen-bond donors (Lipinski definition) is 1. The number of rotatable bonds is 4. The first kappa shape index (κ1) is 10.2. The maximum Gasteiger partial charge on any atom is 0.227 e. The Morgan fingerprint density at radius 2 is 2.38 bits per heavy atom.